The van der Waals surface area contributed by atoms with Gasteiger partial charge in [-0.15, -0.1) is 0 Å². The standard InChI is InChI=1S/C23H25FN4O4S/c1-15-10-17(28-33(29)8-6-30-7-9-33)12-20-22(15)23(26-14-25-20)27-19-3-2-16(24)11-21(19)32-18-4-5-31-13-18/h2-3,10-12,14,18H,4-9,13H2,1H3,(H,25,26,27)/t18-/m0/s1. The highest BCUT2D eigenvalue weighted by Crippen LogP contribution is 2.34. The number of hydrogen-bond donors (Lipinski definition) is 1. The van der Waals surface area contributed by atoms with E-state index in [0.717, 1.165) is 17.4 Å². The normalized spacial score (nSPS) is 20.0. The van der Waals surface area contributed by atoms with Gasteiger partial charge >= 0.3 is 0 Å². The highest BCUT2D eigenvalue weighted by molar-refractivity contribution is 7.93. The van der Waals surface area contributed by atoms with E-state index in [2.05, 4.69) is 19.6 Å². The molecule has 3 heterocycles. The molecule has 2 aliphatic heterocycles. The van der Waals surface area contributed by atoms with Gasteiger partial charge < -0.3 is 19.5 Å². The molecule has 3 aromatic rings. The fraction of sp³-hybridized carbons (Fsp3) is 0.391. The van der Waals surface area contributed by atoms with Crippen LogP contribution in [0, 0.1) is 12.7 Å². The third-order valence-corrected chi connectivity index (χ3v) is 7.82. The van der Waals surface area contributed by atoms with E-state index in [1.54, 1.807) is 6.07 Å². The lowest BCUT2D eigenvalue weighted by molar-refractivity contribution is 0.141. The predicted molar refractivity (Wildman–Crippen MR) is 125 cm³/mol. The Morgan fingerprint density at radius 2 is 2.00 bits per heavy atom. The highest BCUT2D eigenvalue weighted by Gasteiger charge is 2.20. The first-order valence-corrected chi connectivity index (χ1v) is 12.7. The number of ether oxygens (including phenoxy) is 3. The zero-order valence-electron chi connectivity index (χ0n) is 18.3. The van der Waals surface area contributed by atoms with Crippen molar-refractivity contribution in [1.29, 1.82) is 0 Å². The van der Waals surface area contributed by atoms with Gasteiger partial charge in [-0.3, -0.25) is 0 Å². The van der Waals surface area contributed by atoms with Crippen molar-refractivity contribution in [3.05, 3.63) is 48.0 Å². The Morgan fingerprint density at radius 1 is 1.15 bits per heavy atom. The van der Waals surface area contributed by atoms with Crippen LogP contribution in [0.1, 0.15) is 12.0 Å². The average molecular weight is 473 g/mol. The van der Waals surface area contributed by atoms with Gasteiger partial charge in [0.2, 0.25) is 0 Å². The van der Waals surface area contributed by atoms with Gasteiger partial charge in [-0.05, 0) is 36.8 Å². The second kappa shape index (κ2) is 9.20. The zero-order valence-corrected chi connectivity index (χ0v) is 19.1. The SMILES string of the molecule is Cc1cc(N=S2(=O)CCOCC2)cc2ncnc(Nc3ccc(F)cc3O[C@H]3CCOC3)c12. The summed E-state index contributed by atoms with van der Waals surface area (Å²) in [6.07, 6.45) is 2.09. The summed E-state index contributed by atoms with van der Waals surface area (Å²) in [5.41, 5.74) is 2.79. The van der Waals surface area contributed by atoms with Crippen molar-refractivity contribution in [1.82, 2.24) is 9.97 Å². The molecule has 0 aliphatic carbocycles. The molecule has 2 aromatic carbocycles. The lowest BCUT2D eigenvalue weighted by Crippen LogP contribution is -2.25. The number of rotatable bonds is 5. The van der Waals surface area contributed by atoms with Gasteiger partial charge in [0.05, 0.1) is 64.6 Å². The lowest BCUT2D eigenvalue weighted by atomic mass is 10.1. The topological polar surface area (TPSA) is 94.9 Å². The molecule has 5 rings (SSSR count). The number of benzene rings is 2. The molecule has 0 bridgehead atoms. The maximum Gasteiger partial charge on any atom is 0.146 e. The molecule has 0 saturated carbocycles. The Morgan fingerprint density at radius 3 is 2.79 bits per heavy atom. The van der Waals surface area contributed by atoms with E-state index in [1.165, 1.54) is 18.5 Å². The third-order valence-electron chi connectivity index (χ3n) is 5.66. The summed E-state index contributed by atoms with van der Waals surface area (Å²) >= 11 is 0. The minimum Gasteiger partial charge on any atom is -0.486 e. The maximum absolute atomic E-state index is 13.9. The molecule has 1 aromatic heterocycles. The predicted octanol–water partition coefficient (Wildman–Crippen LogP) is 4.12. The van der Waals surface area contributed by atoms with Crippen LogP contribution in [0.15, 0.2) is 41.0 Å². The number of anilines is 2. The van der Waals surface area contributed by atoms with E-state index in [-0.39, 0.29) is 11.9 Å². The van der Waals surface area contributed by atoms with Crippen molar-refractivity contribution >= 4 is 37.8 Å². The molecule has 1 N–H and O–H groups in total. The highest BCUT2D eigenvalue weighted by atomic mass is 32.2. The molecule has 2 aliphatic rings. The minimum atomic E-state index is -2.33. The Kier molecular flexibility index (Phi) is 6.13. The lowest BCUT2D eigenvalue weighted by Gasteiger charge is -2.18. The van der Waals surface area contributed by atoms with Crippen molar-refractivity contribution < 1.29 is 22.8 Å². The Labute approximate surface area is 191 Å². The molecule has 1 atom stereocenters. The number of hydrogen-bond acceptors (Lipinski definition) is 8. The van der Waals surface area contributed by atoms with Crippen molar-refractivity contribution in [3.8, 4) is 5.75 Å². The summed E-state index contributed by atoms with van der Waals surface area (Å²) in [4.78, 5) is 8.82. The van der Waals surface area contributed by atoms with Crippen LogP contribution in [0.25, 0.3) is 10.9 Å². The average Bonchev–Trinajstić information content (AvgIpc) is 3.29. The van der Waals surface area contributed by atoms with Crippen LogP contribution in [0.2, 0.25) is 0 Å². The van der Waals surface area contributed by atoms with E-state index in [4.69, 9.17) is 14.2 Å². The summed E-state index contributed by atoms with van der Waals surface area (Å²) in [5.74, 6) is 1.45. The molecule has 2 saturated heterocycles. The van der Waals surface area contributed by atoms with Gasteiger partial charge in [-0.25, -0.2) is 18.6 Å². The maximum atomic E-state index is 13.9. The van der Waals surface area contributed by atoms with Crippen LogP contribution < -0.4 is 10.1 Å². The first kappa shape index (κ1) is 22.0. The summed E-state index contributed by atoms with van der Waals surface area (Å²) in [7, 11) is -2.33. The van der Waals surface area contributed by atoms with Gasteiger partial charge in [0, 0.05) is 17.9 Å². The van der Waals surface area contributed by atoms with Crippen molar-refractivity contribution in [2.45, 2.75) is 19.4 Å². The van der Waals surface area contributed by atoms with Gasteiger partial charge in [0.1, 0.15) is 29.8 Å². The molecule has 174 valence electrons. The van der Waals surface area contributed by atoms with Crippen LogP contribution in [-0.4, -0.2) is 58.2 Å². The summed E-state index contributed by atoms with van der Waals surface area (Å²) < 4.78 is 48.2. The van der Waals surface area contributed by atoms with Gasteiger partial charge in [0.25, 0.3) is 0 Å². The van der Waals surface area contributed by atoms with Crippen LogP contribution in [0.5, 0.6) is 5.75 Å². The molecule has 8 nitrogen and oxygen atoms in total. The number of nitrogens with zero attached hydrogens (tertiary/aromatic N) is 3. The zero-order chi connectivity index (χ0) is 22.8. The molecular weight excluding hydrogens is 447 g/mol. The summed E-state index contributed by atoms with van der Waals surface area (Å²) in [5, 5.41) is 4.08. The first-order valence-electron chi connectivity index (χ1n) is 10.9. The van der Waals surface area contributed by atoms with Crippen LogP contribution >= 0.6 is 0 Å². The number of halogens is 1. The largest absolute Gasteiger partial charge is 0.486 e. The molecule has 0 spiro atoms. The minimum absolute atomic E-state index is 0.118. The smallest absolute Gasteiger partial charge is 0.146 e. The molecule has 2 fully saturated rings. The van der Waals surface area contributed by atoms with Crippen LogP contribution in [-0.2, 0) is 19.2 Å². The monoisotopic (exact) mass is 472 g/mol. The second-order valence-electron chi connectivity index (χ2n) is 8.13. The number of aromatic nitrogens is 2. The number of fused-ring (bicyclic) bond motifs is 1. The number of aryl methyl sites for hydroxylation is 1. The van der Waals surface area contributed by atoms with Gasteiger partial charge in [-0.1, -0.05) is 0 Å². The summed E-state index contributed by atoms with van der Waals surface area (Å²) in [6, 6.07) is 8.06. The van der Waals surface area contributed by atoms with E-state index < -0.39 is 9.73 Å². The number of nitrogens with one attached hydrogen (secondary N) is 1. The fourth-order valence-corrected chi connectivity index (χ4v) is 5.63. The Hall–Kier alpha value is -2.82. The molecule has 0 radical (unpaired) electrons. The van der Waals surface area contributed by atoms with Crippen molar-refractivity contribution in [3.63, 3.8) is 0 Å². The third kappa shape index (κ3) is 4.92. The molecule has 0 unspecified atom stereocenters. The Balaban J connectivity index is 1.50. The van der Waals surface area contributed by atoms with Crippen molar-refractivity contribution in [2.24, 2.45) is 4.36 Å². The Bertz CT molecular complexity index is 1290. The van der Waals surface area contributed by atoms with E-state index >= 15 is 0 Å². The molecule has 0 amide bonds. The van der Waals surface area contributed by atoms with Crippen LogP contribution in [0.4, 0.5) is 21.6 Å². The van der Waals surface area contributed by atoms with Gasteiger partial charge in [0.15, 0.2) is 0 Å². The molecular formula is C23H25FN4O4S. The van der Waals surface area contributed by atoms with Gasteiger partial charge in [-0.2, -0.15) is 4.36 Å². The fourth-order valence-electron chi connectivity index (χ4n) is 4.00. The van der Waals surface area contributed by atoms with E-state index in [1.807, 2.05) is 19.1 Å². The van der Waals surface area contributed by atoms with E-state index in [9.17, 15) is 8.60 Å². The molecule has 10 heteroatoms. The second-order valence-corrected chi connectivity index (χ2v) is 10.7. The summed E-state index contributed by atoms with van der Waals surface area (Å²) in [6.45, 7) is 3.96. The quantitative estimate of drug-likeness (QED) is 0.597. The van der Waals surface area contributed by atoms with E-state index in [0.29, 0.717) is 66.4 Å². The first-order chi connectivity index (χ1) is 16.0. The van der Waals surface area contributed by atoms with Crippen LogP contribution in [0.3, 0.4) is 0 Å². The molecule has 33 heavy (non-hydrogen) atoms. The van der Waals surface area contributed by atoms with Crippen molar-refractivity contribution in [2.75, 3.05) is 43.3 Å².